The third-order valence-electron chi connectivity index (χ3n) is 3.15. The Bertz CT molecular complexity index is 638. The summed E-state index contributed by atoms with van der Waals surface area (Å²) in [6, 6.07) is 14.2. The molecule has 2 aromatic carbocycles. The lowest BCUT2D eigenvalue weighted by Gasteiger charge is -2.35. The third-order valence-corrected chi connectivity index (χ3v) is 3.15. The van der Waals surface area contributed by atoms with E-state index in [4.69, 9.17) is 0 Å². The molecule has 0 unspecified atom stereocenters. The molecule has 0 amide bonds. The Hall–Kier alpha value is -2.11. The van der Waals surface area contributed by atoms with Crippen LogP contribution in [0, 0.1) is 17.7 Å². The van der Waals surface area contributed by atoms with Crippen LogP contribution in [0.4, 0.5) is 4.39 Å². The summed E-state index contributed by atoms with van der Waals surface area (Å²) in [5.74, 6) is 5.28. The number of aliphatic hydroxyl groups is 1. The minimum absolute atomic E-state index is 0.327. The highest BCUT2D eigenvalue weighted by Crippen LogP contribution is 2.40. The highest BCUT2D eigenvalue weighted by Gasteiger charge is 2.42. The first-order chi connectivity index (χ1) is 8.69. The number of hydrogen-bond donors (Lipinski definition) is 1. The normalized spacial score (nSPS) is 20.3. The molecular weight excluding hydrogens is 227 g/mol. The Labute approximate surface area is 105 Å². The van der Waals surface area contributed by atoms with Crippen molar-refractivity contribution in [3.05, 3.63) is 71.0 Å². The lowest BCUT2D eigenvalue weighted by atomic mass is 9.73. The van der Waals surface area contributed by atoms with E-state index >= 15 is 0 Å². The zero-order valence-electron chi connectivity index (χ0n) is 9.65. The molecule has 2 aromatic rings. The minimum Gasteiger partial charge on any atom is -0.373 e. The number of hydrogen-bond acceptors (Lipinski definition) is 1. The summed E-state index contributed by atoms with van der Waals surface area (Å²) in [5.41, 5.74) is 0.639. The first-order valence-corrected chi connectivity index (χ1v) is 5.77. The first kappa shape index (κ1) is 11.0. The predicted octanol–water partition coefficient (Wildman–Crippen LogP) is 2.62. The van der Waals surface area contributed by atoms with Crippen molar-refractivity contribution in [2.75, 3.05) is 0 Å². The zero-order chi connectivity index (χ0) is 12.6. The molecule has 1 atom stereocenters. The summed E-state index contributed by atoms with van der Waals surface area (Å²) in [4.78, 5) is 0. The molecule has 1 aliphatic carbocycles. The van der Waals surface area contributed by atoms with Crippen LogP contribution in [-0.4, -0.2) is 5.11 Å². The summed E-state index contributed by atoms with van der Waals surface area (Å²) in [6.07, 6.45) is 0.389. The smallest absolute Gasteiger partial charge is 0.158 e. The SMILES string of the molecule is O[C@]1(C#Cc2ccccc2)Cc2cccc(F)c21. The molecule has 0 fully saturated rings. The largest absolute Gasteiger partial charge is 0.373 e. The Balaban J connectivity index is 1.97. The molecule has 88 valence electrons. The number of halogens is 1. The van der Waals surface area contributed by atoms with Crippen molar-refractivity contribution in [1.29, 1.82) is 0 Å². The van der Waals surface area contributed by atoms with E-state index in [1.807, 2.05) is 36.4 Å². The molecule has 2 heteroatoms. The monoisotopic (exact) mass is 238 g/mol. The van der Waals surface area contributed by atoms with E-state index in [0.717, 1.165) is 11.1 Å². The van der Waals surface area contributed by atoms with Crippen molar-refractivity contribution in [2.24, 2.45) is 0 Å². The van der Waals surface area contributed by atoms with Crippen molar-refractivity contribution in [2.45, 2.75) is 12.0 Å². The average molecular weight is 238 g/mol. The van der Waals surface area contributed by atoms with Crippen LogP contribution in [-0.2, 0) is 12.0 Å². The second kappa shape index (κ2) is 3.97. The van der Waals surface area contributed by atoms with Gasteiger partial charge in [0.1, 0.15) is 5.82 Å². The Morgan fingerprint density at radius 3 is 2.56 bits per heavy atom. The summed E-state index contributed by atoms with van der Waals surface area (Å²) in [5, 5.41) is 10.3. The van der Waals surface area contributed by atoms with Crippen LogP contribution in [0.25, 0.3) is 0 Å². The van der Waals surface area contributed by atoms with Gasteiger partial charge >= 0.3 is 0 Å². The van der Waals surface area contributed by atoms with Gasteiger partial charge in [0.15, 0.2) is 5.60 Å². The van der Waals surface area contributed by atoms with Crippen molar-refractivity contribution >= 4 is 0 Å². The van der Waals surface area contributed by atoms with Crippen LogP contribution < -0.4 is 0 Å². The van der Waals surface area contributed by atoms with Gasteiger partial charge in [0.25, 0.3) is 0 Å². The molecule has 1 N–H and O–H groups in total. The molecule has 1 aliphatic rings. The minimum atomic E-state index is -1.34. The van der Waals surface area contributed by atoms with Gasteiger partial charge in [-0.1, -0.05) is 42.2 Å². The molecule has 3 rings (SSSR count). The standard InChI is InChI=1S/C16H11FO/c17-14-8-4-7-13-11-16(18,15(13)14)10-9-12-5-2-1-3-6-12/h1-8,18H,11H2/t16-/m1/s1. The van der Waals surface area contributed by atoms with Crippen LogP contribution in [0.3, 0.4) is 0 Å². The molecule has 18 heavy (non-hydrogen) atoms. The van der Waals surface area contributed by atoms with Crippen LogP contribution >= 0.6 is 0 Å². The van der Waals surface area contributed by atoms with Crippen LogP contribution in [0.1, 0.15) is 16.7 Å². The van der Waals surface area contributed by atoms with E-state index in [-0.39, 0.29) is 5.82 Å². The fraction of sp³-hybridized carbons (Fsp3) is 0.125. The Morgan fingerprint density at radius 2 is 1.83 bits per heavy atom. The predicted molar refractivity (Wildman–Crippen MR) is 67.3 cm³/mol. The van der Waals surface area contributed by atoms with E-state index in [9.17, 15) is 9.50 Å². The van der Waals surface area contributed by atoms with Crippen molar-refractivity contribution in [1.82, 2.24) is 0 Å². The molecule has 0 radical (unpaired) electrons. The highest BCUT2D eigenvalue weighted by atomic mass is 19.1. The van der Waals surface area contributed by atoms with Gasteiger partial charge in [-0.15, -0.1) is 0 Å². The highest BCUT2D eigenvalue weighted by molar-refractivity contribution is 5.51. The van der Waals surface area contributed by atoms with E-state index in [1.165, 1.54) is 6.07 Å². The van der Waals surface area contributed by atoms with Crippen LogP contribution in [0.15, 0.2) is 48.5 Å². The van der Waals surface area contributed by atoms with E-state index in [0.29, 0.717) is 12.0 Å². The topological polar surface area (TPSA) is 20.2 Å². The second-order valence-corrected chi connectivity index (χ2v) is 4.43. The van der Waals surface area contributed by atoms with E-state index in [2.05, 4.69) is 11.8 Å². The summed E-state index contributed by atoms with van der Waals surface area (Å²) >= 11 is 0. The fourth-order valence-electron chi connectivity index (χ4n) is 2.24. The van der Waals surface area contributed by atoms with Gasteiger partial charge in [-0.3, -0.25) is 0 Å². The fourth-order valence-corrected chi connectivity index (χ4v) is 2.24. The summed E-state index contributed by atoms with van der Waals surface area (Å²) in [7, 11) is 0. The molecule has 0 saturated heterocycles. The maximum absolute atomic E-state index is 13.6. The lowest BCUT2D eigenvalue weighted by molar-refractivity contribution is 0.0705. The maximum atomic E-state index is 13.6. The number of rotatable bonds is 0. The van der Waals surface area contributed by atoms with Gasteiger partial charge in [-0.2, -0.15) is 0 Å². The van der Waals surface area contributed by atoms with Gasteiger partial charge in [0.05, 0.1) is 0 Å². The Morgan fingerprint density at radius 1 is 1.06 bits per heavy atom. The van der Waals surface area contributed by atoms with E-state index in [1.54, 1.807) is 6.07 Å². The van der Waals surface area contributed by atoms with Crippen molar-refractivity contribution in [3.63, 3.8) is 0 Å². The molecule has 0 heterocycles. The Kier molecular flexibility index (Phi) is 2.43. The van der Waals surface area contributed by atoms with Gasteiger partial charge in [-0.05, 0) is 23.8 Å². The number of benzene rings is 2. The van der Waals surface area contributed by atoms with Crippen molar-refractivity contribution < 1.29 is 9.50 Å². The van der Waals surface area contributed by atoms with Gasteiger partial charge in [0.2, 0.25) is 0 Å². The molecule has 1 nitrogen and oxygen atoms in total. The molecule has 0 aliphatic heterocycles. The maximum Gasteiger partial charge on any atom is 0.158 e. The molecular formula is C16H11FO. The lowest BCUT2D eigenvalue weighted by Crippen LogP contribution is -2.38. The van der Waals surface area contributed by atoms with Gasteiger partial charge in [0, 0.05) is 17.5 Å². The summed E-state index contributed by atoms with van der Waals surface area (Å²) < 4.78 is 13.6. The zero-order valence-corrected chi connectivity index (χ0v) is 9.65. The van der Waals surface area contributed by atoms with Crippen molar-refractivity contribution in [3.8, 4) is 11.8 Å². The van der Waals surface area contributed by atoms with Crippen LogP contribution in [0.5, 0.6) is 0 Å². The molecule has 0 aromatic heterocycles. The average Bonchev–Trinajstić information content (AvgIpc) is 2.36. The molecule has 0 bridgehead atoms. The summed E-state index contributed by atoms with van der Waals surface area (Å²) in [6.45, 7) is 0. The third kappa shape index (κ3) is 1.70. The first-order valence-electron chi connectivity index (χ1n) is 5.77. The van der Waals surface area contributed by atoms with Gasteiger partial charge in [-0.25, -0.2) is 4.39 Å². The van der Waals surface area contributed by atoms with Gasteiger partial charge < -0.3 is 5.11 Å². The van der Waals surface area contributed by atoms with Crippen LogP contribution in [0.2, 0.25) is 0 Å². The molecule has 0 spiro atoms. The number of fused-ring (bicyclic) bond motifs is 1. The quantitative estimate of drug-likeness (QED) is 0.699. The molecule has 0 saturated carbocycles. The van der Waals surface area contributed by atoms with E-state index < -0.39 is 5.60 Å². The second-order valence-electron chi connectivity index (χ2n) is 4.43.